The van der Waals surface area contributed by atoms with Crippen LogP contribution < -0.4 is 0 Å². The molecular formula is C10H15ClN2O4S. The highest BCUT2D eigenvalue weighted by Crippen LogP contribution is 2.16. The standard InChI is InChI=1S/C10H15ClN2O4S/c1-17-7-5-13(4-6-14)18(15,16)9-2-3-10(11)12-8-9/h2-3,8,14H,4-7H2,1H3. The highest BCUT2D eigenvalue weighted by molar-refractivity contribution is 7.89. The van der Waals surface area contributed by atoms with E-state index in [0.29, 0.717) is 0 Å². The molecule has 0 amide bonds. The number of pyridine rings is 1. The molecule has 1 aromatic rings. The van der Waals surface area contributed by atoms with Crippen molar-refractivity contribution in [3.63, 3.8) is 0 Å². The van der Waals surface area contributed by atoms with Gasteiger partial charge in [-0.1, -0.05) is 11.6 Å². The van der Waals surface area contributed by atoms with Gasteiger partial charge in [-0.25, -0.2) is 13.4 Å². The number of rotatable bonds is 7. The minimum Gasteiger partial charge on any atom is -0.395 e. The normalized spacial score (nSPS) is 12.0. The van der Waals surface area contributed by atoms with Gasteiger partial charge in [-0.05, 0) is 12.1 Å². The Hall–Kier alpha value is -0.730. The Bertz CT molecular complexity index is 463. The lowest BCUT2D eigenvalue weighted by atomic mass is 10.5. The number of hydrogen-bond acceptors (Lipinski definition) is 5. The van der Waals surface area contributed by atoms with E-state index < -0.39 is 10.0 Å². The van der Waals surface area contributed by atoms with E-state index in [2.05, 4.69) is 4.98 Å². The summed E-state index contributed by atoms with van der Waals surface area (Å²) in [6, 6.07) is 2.78. The van der Waals surface area contributed by atoms with E-state index in [1.54, 1.807) is 0 Å². The van der Waals surface area contributed by atoms with Crippen LogP contribution >= 0.6 is 11.6 Å². The Morgan fingerprint density at radius 3 is 2.67 bits per heavy atom. The van der Waals surface area contributed by atoms with Crippen LogP contribution in [0.2, 0.25) is 5.15 Å². The summed E-state index contributed by atoms with van der Waals surface area (Å²) in [6.07, 6.45) is 1.19. The van der Waals surface area contributed by atoms with Crippen molar-refractivity contribution in [1.82, 2.24) is 9.29 Å². The summed E-state index contributed by atoms with van der Waals surface area (Å²) >= 11 is 5.61. The van der Waals surface area contributed by atoms with E-state index in [0.717, 1.165) is 4.31 Å². The maximum Gasteiger partial charge on any atom is 0.244 e. The van der Waals surface area contributed by atoms with Gasteiger partial charge in [0.1, 0.15) is 10.0 Å². The van der Waals surface area contributed by atoms with Crippen LogP contribution in [0, 0.1) is 0 Å². The second kappa shape index (κ2) is 7.01. The molecule has 18 heavy (non-hydrogen) atoms. The fourth-order valence-corrected chi connectivity index (χ4v) is 2.79. The molecule has 0 aliphatic rings. The number of nitrogens with zero attached hydrogens (tertiary/aromatic N) is 2. The fraction of sp³-hybridized carbons (Fsp3) is 0.500. The van der Waals surface area contributed by atoms with Gasteiger partial charge in [0.25, 0.3) is 0 Å². The van der Waals surface area contributed by atoms with E-state index >= 15 is 0 Å². The monoisotopic (exact) mass is 294 g/mol. The molecule has 0 atom stereocenters. The fourth-order valence-electron chi connectivity index (χ4n) is 1.32. The van der Waals surface area contributed by atoms with Crippen molar-refractivity contribution in [2.24, 2.45) is 0 Å². The van der Waals surface area contributed by atoms with Crippen molar-refractivity contribution in [3.05, 3.63) is 23.5 Å². The molecule has 0 spiro atoms. The molecule has 8 heteroatoms. The lowest BCUT2D eigenvalue weighted by molar-refractivity contribution is 0.168. The Morgan fingerprint density at radius 2 is 2.17 bits per heavy atom. The van der Waals surface area contributed by atoms with Crippen molar-refractivity contribution in [2.75, 3.05) is 33.4 Å². The number of ether oxygens (including phenoxy) is 1. The van der Waals surface area contributed by atoms with Crippen LogP contribution in [-0.4, -0.2) is 56.2 Å². The Kier molecular flexibility index (Phi) is 5.97. The maximum absolute atomic E-state index is 12.2. The molecule has 1 rings (SSSR count). The molecule has 0 radical (unpaired) electrons. The summed E-state index contributed by atoms with van der Waals surface area (Å²) in [4.78, 5) is 3.77. The number of aliphatic hydroxyl groups is 1. The Morgan fingerprint density at radius 1 is 1.44 bits per heavy atom. The van der Waals surface area contributed by atoms with Crippen molar-refractivity contribution in [1.29, 1.82) is 0 Å². The topological polar surface area (TPSA) is 79.7 Å². The van der Waals surface area contributed by atoms with Crippen molar-refractivity contribution in [2.45, 2.75) is 4.90 Å². The average molecular weight is 295 g/mol. The van der Waals surface area contributed by atoms with Gasteiger partial charge in [-0.3, -0.25) is 0 Å². The molecule has 0 unspecified atom stereocenters. The number of aromatic nitrogens is 1. The van der Waals surface area contributed by atoms with Gasteiger partial charge in [0.15, 0.2) is 0 Å². The molecule has 6 nitrogen and oxygen atoms in total. The summed E-state index contributed by atoms with van der Waals surface area (Å²) in [5.41, 5.74) is 0. The molecule has 0 aliphatic heterocycles. The smallest absolute Gasteiger partial charge is 0.244 e. The van der Waals surface area contributed by atoms with E-state index in [-0.39, 0.29) is 36.4 Å². The minimum atomic E-state index is -3.68. The van der Waals surface area contributed by atoms with Crippen LogP contribution in [0.25, 0.3) is 0 Å². The first-order valence-electron chi connectivity index (χ1n) is 5.24. The van der Waals surface area contributed by atoms with Gasteiger partial charge in [0.2, 0.25) is 10.0 Å². The second-order valence-electron chi connectivity index (χ2n) is 3.44. The van der Waals surface area contributed by atoms with Gasteiger partial charge in [0.05, 0.1) is 13.2 Å². The van der Waals surface area contributed by atoms with E-state index in [9.17, 15) is 8.42 Å². The van der Waals surface area contributed by atoms with Crippen LogP contribution in [-0.2, 0) is 14.8 Å². The largest absolute Gasteiger partial charge is 0.395 e. The summed E-state index contributed by atoms with van der Waals surface area (Å²) in [5.74, 6) is 0. The molecule has 0 bridgehead atoms. The zero-order valence-corrected chi connectivity index (χ0v) is 11.5. The van der Waals surface area contributed by atoms with Gasteiger partial charge in [-0.15, -0.1) is 0 Å². The SMILES string of the molecule is COCCN(CCO)S(=O)(=O)c1ccc(Cl)nc1. The zero-order valence-electron chi connectivity index (χ0n) is 9.91. The van der Waals surface area contributed by atoms with Crippen LogP contribution in [0.1, 0.15) is 0 Å². The van der Waals surface area contributed by atoms with Crippen LogP contribution in [0.4, 0.5) is 0 Å². The van der Waals surface area contributed by atoms with Crippen LogP contribution in [0.5, 0.6) is 0 Å². The summed E-state index contributed by atoms with van der Waals surface area (Å²) < 4.78 is 30.4. The number of methoxy groups -OCH3 is 1. The van der Waals surface area contributed by atoms with Crippen LogP contribution in [0.15, 0.2) is 23.2 Å². The lowest BCUT2D eigenvalue weighted by Gasteiger charge is -2.20. The predicted octanol–water partition coefficient (Wildman–Crippen LogP) is 0.364. The van der Waals surface area contributed by atoms with Gasteiger partial charge in [-0.2, -0.15) is 4.31 Å². The van der Waals surface area contributed by atoms with E-state index in [1.165, 1.54) is 25.4 Å². The average Bonchev–Trinajstić information content (AvgIpc) is 2.35. The second-order valence-corrected chi connectivity index (χ2v) is 5.76. The molecule has 0 aliphatic carbocycles. The van der Waals surface area contributed by atoms with Crippen LogP contribution in [0.3, 0.4) is 0 Å². The number of halogens is 1. The van der Waals surface area contributed by atoms with E-state index in [1.807, 2.05) is 0 Å². The van der Waals surface area contributed by atoms with E-state index in [4.69, 9.17) is 21.4 Å². The van der Waals surface area contributed by atoms with Crippen molar-refractivity contribution in [3.8, 4) is 0 Å². The summed E-state index contributed by atoms with van der Waals surface area (Å²) in [5, 5.41) is 9.13. The molecule has 0 fully saturated rings. The molecule has 0 saturated carbocycles. The molecule has 0 saturated heterocycles. The van der Waals surface area contributed by atoms with Gasteiger partial charge < -0.3 is 9.84 Å². The van der Waals surface area contributed by atoms with Crippen molar-refractivity contribution >= 4 is 21.6 Å². The third-order valence-corrected chi connectivity index (χ3v) is 4.34. The number of hydrogen-bond donors (Lipinski definition) is 1. The zero-order chi connectivity index (χ0) is 13.6. The quantitative estimate of drug-likeness (QED) is 0.735. The first-order chi connectivity index (χ1) is 8.52. The highest BCUT2D eigenvalue weighted by Gasteiger charge is 2.23. The van der Waals surface area contributed by atoms with Gasteiger partial charge in [0, 0.05) is 26.4 Å². The highest BCUT2D eigenvalue weighted by atomic mass is 35.5. The Labute approximate surface area is 111 Å². The minimum absolute atomic E-state index is 0.00825. The third kappa shape index (κ3) is 3.89. The maximum atomic E-state index is 12.2. The van der Waals surface area contributed by atoms with Crippen molar-refractivity contribution < 1.29 is 18.3 Å². The molecule has 1 heterocycles. The first-order valence-corrected chi connectivity index (χ1v) is 7.05. The molecular weight excluding hydrogens is 280 g/mol. The molecule has 1 N–H and O–H groups in total. The number of aliphatic hydroxyl groups excluding tert-OH is 1. The summed E-state index contributed by atoms with van der Waals surface area (Å²) in [6.45, 7) is 0.167. The molecule has 1 aromatic heterocycles. The third-order valence-electron chi connectivity index (χ3n) is 2.23. The predicted molar refractivity (Wildman–Crippen MR) is 67.0 cm³/mol. The first kappa shape index (κ1) is 15.3. The molecule has 102 valence electrons. The number of sulfonamides is 1. The van der Waals surface area contributed by atoms with Gasteiger partial charge >= 0.3 is 0 Å². The molecule has 0 aromatic carbocycles. The Balaban J connectivity index is 2.96. The lowest BCUT2D eigenvalue weighted by Crippen LogP contribution is -2.36. The summed E-state index contributed by atoms with van der Waals surface area (Å²) in [7, 11) is -2.20.